The molecule has 1 heterocycles. The Hall–Kier alpha value is -0.150. The van der Waals surface area contributed by atoms with E-state index in [-0.39, 0.29) is 0 Å². The monoisotopic (exact) mass is 157 g/mol. The molecule has 0 fully saturated rings. The Labute approximate surface area is 65.3 Å². The highest BCUT2D eigenvalue weighted by Gasteiger charge is 1.92. The number of pyridine rings is 1. The molecule has 1 aromatic heterocycles. The van der Waals surface area contributed by atoms with Crippen LogP contribution in [0.15, 0.2) is 22.1 Å². The van der Waals surface area contributed by atoms with E-state index >= 15 is 0 Å². The molecule has 0 aliphatic carbocycles. The molecule has 0 aliphatic heterocycles. The topological polar surface area (TPSA) is 12.9 Å². The van der Waals surface area contributed by atoms with Gasteiger partial charge in [0, 0.05) is 16.0 Å². The first kappa shape index (κ1) is 6.96. The van der Waals surface area contributed by atoms with E-state index in [2.05, 4.69) is 30.2 Å². The summed E-state index contributed by atoms with van der Waals surface area (Å²) in [6.07, 6.45) is 1.71. The average molecular weight is 157 g/mol. The summed E-state index contributed by atoms with van der Waals surface area (Å²) >= 11 is 8.25. The Morgan fingerprint density at radius 2 is 2.11 bits per heavy atom. The van der Waals surface area contributed by atoms with E-state index in [1.165, 1.54) is 0 Å². The van der Waals surface area contributed by atoms with Gasteiger partial charge in [0.1, 0.15) is 0 Å². The molecule has 0 saturated carbocycles. The fourth-order valence-electron chi connectivity index (χ4n) is 0.511. The van der Waals surface area contributed by atoms with Crippen LogP contribution in [0.5, 0.6) is 0 Å². The van der Waals surface area contributed by atoms with Gasteiger partial charge >= 0.3 is 0 Å². The second kappa shape index (κ2) is 2.62. The molecule has 9 heavy (non-hydrogen) atoms. The number of hydrogen-bond acceptors (Lipinski definition) is 3. The molecular weight excluding hydrogens is 150 g/mol. The Bertz CT molecular complexity index is 222. The minimum atomic E-state index is 0.852. The van der Waals surface area contributed by atoms with Crippen molar-refractivity contribution in [3.05, 3.63) is 18.0 Å². The van der Waals surface area contributed by atoms with Gasteiger partial charge in [-0.2, -0.15) is 0 Å². The van der Waals surface area contributed by atoms with Crippen LogP contribution in [0, 0.1) is 6.92 Å². The Morgan fingerprint density at radius 1 is 1.44 bits per heavy atom. The van der Waals surface area contributed by atoms with Crippen LogP contribution in [0.2, 0.25) is 0 Å². The lowest BCUT2D eigenvalue weighted by Crippen LogP contribution is -1.81. The van der Waals surface area contributed by atoms with Gasteiger partial charge < -0.3 is 0 Å². The van der Waals surface area contributed by atoms with Crippen LogP contribution in [0.4, 0.5) is 0 Å². The summed E-state index contributed by atoms with van der Waals surface area (Å²) in [4.78, 5) is 5.77. The number of aromatic nitrogens is 1. The first-order valence-electron chi connectivity index (χ1n) is 2.55. The molecule has 1 aromatic rings. The zero-order chi connectivity index (χ0) is 6.85. The van der Waals surface area contributed by atoms with Crippen LogP contribution in [0.1, 0.15) is 5.69 Å². The van der Waals surface area contributed by atoms with Gasteiger partial charge in [0.25, 0.3) is 0 Å². The third-order valence-corrected chi connectivity index (χ3v) is 1.74. The first-order valence-corrected chi connectivity index (χ1v) is 3.44. The SMILES string of the molecule is Cc1ncc(S)cc1S. The highest BCUT2D eigenvalue weighted by molar-refractivity contribution is 7.81. The van der Waals surface area contributed by atoms with Crippen molar-refractivity contribution >= 4 is 25.3 Å². The second-order valence-electron chi connectivity index (χ2n) is 1.80. The van der Waals surface area contributed by atoms with E-state index in [1.54, 1.807) is 6.20 Å². The first-order chi connectivity index (χ1) is 4.20. The maximum absolute atomic E-state index is 4.16. The fourth-order valence-corrected chi connectivity index (χ4v) is 0.996. The molecule has 3 heteroatoms. The number of nitrogens with zero attached hydrogens (tertiary/aromatic N) is 1. The number of hydrogen-bond donors (Lipinski definition) is 2. The lowest BCUT2D eigenvalue weighted by molar-refractivity contribution is 1.07. The van der Waals surface area contributed by atoms with E-state index in [4.69, 9.17) is 0 Å². The normalized spacial score (nSPS) is 9.67. The summed E-state index contributed by atoms with van der Waals surface area (Å²) < 4.78 is 0. The maximum atomic E-state index is 4.16. The van der Waals surface area contributed by atoms with Crippen molar-refractivity contribution in [3.63, 3.8) is 0 Å². The summed E-state index contributed by atoms with van der Waals surface area (Å²) in [5.74, 6) is 0. The lowest BCUT2D eigenvalue weighted by atomic mass is 10.4. The average Bonchev–Trinajstić information content (AvgIpc) is 1.80. The molecule has 0 aliphatic rings. The van der Waals surface area contributed by atoms with Gasteiger partial charge in [-0.15, -0.1) is 25.3 Å². The van der Waals surface area contributed by atoms with Crippen molar-refractivity contribution < 1.29 is 0 Å². The molecule has 0 saturated heterocycles. The van der Waals surface area contributed by atoms with Crippen LogP contribution in [-0.4, -0.2) is 4.98 Å². The molecule has 0 spiro atoms. The Kier molecular flexibility index (Phi) is 2.03. The Morgan fingerprint density at radius 3 is 2.56 bits per heavy atom. The molecule has 48 valence electrons. The number of rotatable bonds is 0. The largest absolute Gasteiger partial charge is 0.259 e. The molecule has 0 atom stereocenters. The number of aryl methyl sites for hydroxylation is 1. The molecule has 1 rings (SSSR count). The summed E-state index contributed by atoms with van der Waals surface area (Å²) in [7, 11) is 0. The molecule has 0 unspecified atom stereocenters. The minimum Gasteiger partial charge on any atom is -0.259 e. The van der Waals surface area contributed by atoms with Gasteiger partial charge in [-0.3, -0.25) is 4.98 Å². The second-order valence-corrected chi connectivity index (χ2v) is 2.80. The molecule has 0 radical (unpaired) electrons. The molecule has 0 aromatic carbocycles. The zero-order valence-electron chi connectivity index (χ0n) is 5.00. The molecule has 0 amide bonds. The van der Waals surface area contributed by atoms with E-state index in [9.17, 15) is 0 Å². The van der Waals surface area contributed by atoms with Crippen LogP contribution in [0.3, 0.4) is 0 Å². The molecule has 0 bridgehead atoms. The van der Waals surface area contributed by atoms with Gasteiger partial charge in [0.2, 0.25) is 0 Å². The van der Waals surface area contributed by atoms with Gasteiger partial charge in [0.05, 0.1) is 5.69 Å². The van der Waals surface area contributed by atoms with Crippen molar-refractivity contribution in [3.8, 4) is 0 Å². The van der Waals surface area contributed by atoms with E-state index in [0.717, 1.165) is 15.5 Å². The summed E-state index contributed by atoms with van der Waals surface area (Å²) in [5.41, 5.74) is 0.941. The quantitative estimate of drug-likeness (QED) is 0.549. The predicted molar refractivity (Wildman–Crippen MR) is 43.5 cm³/mol. The zero-order valence-corrected chi connectivity index (χ0v) is 6.79. The predicted octanol–water partition coefficient (Wildman–Crippen LogP) is 1.97. The van der Waals surface area contributed by atoms with E-state index in [1.807, 2.05) is 13.0 Å². The standard InChI is InChI=1S/C6H7NS2/c1-4-6(9)2-5(8)3-7-4/h2-3,8-9H,1H3. The van der Waals surface area contributed by atoms with E-state index < -0.39 is 0 Å². The van der Waals surface area contributed by atoms with E-state index in [0.29, 0.717) is 0 Å². The Balaban J connectivity index is 3.17. The maximum Gasteiger partial charge on any atom is 0.0506 e. The van der Waals surface area contributed by atoms with Crippen LogP contribution < -0.4 is 0 Å². The highest BCUT2D eigenvalue weighted by Crippen LogP contribution is 2.13. The summed E-state index contributed by atoms with van der Waals surface area (Å²) in [6, 6.07) is 1.87. The third kappa shape index (κ3) is 1.63. The van der Waals surface area contributed by atoms with Gasteiger partial charge in [0.15, 0.2) is 0 Å². The van der Waals surface area contributed by atoms with Crippen LogP contribution in [0.25, 0.3) is 0 Å². The lowest BCUT2D eigenvalue weighted by Gasteiger charge is -1.95. The summed E-state index contributed by atoms with van der Waals surface area (Å²) in [6.45, 7) is 1.91. The third-order valence-electron chi connectivity index (χ3n) is 1.05. The summed E-state index contributed by atoms with van der Waals surface area (Å²) in [5, 5.41) is 0. The molecule has 1 nitrogen and oxygen atoms in total. The number of thiol groups is 2. The van der Waals surface area contributed by atoms with Crippen LogP contribution in [-0.2, 0) is 0 Å². The van der Waals surface area contributed by atoms with Gasteiger partial charge in [-0.1, -0.05) is 0 Å². The molecular formula is C6H7NS2. The van der Waals surface area contributed by atoms with Crippen molar-refractivity contribution in [1.29, 1.82) is 0 Å². The van der Waals surface area contributed by atoms with Crippen molar-refractivity contribution in [2.24, 2.45) is 0 Å². The fraction of sp³-hybridized carbons (Fsp3) is 0.167. The van der Waals surface area contributed by atoms with Gasteiger partial charge in [-0.05, 0) is 13.0 Å². The van der Waals surface area contributed by atoms with Crippen molar-refractivity contribution in [2.45, 2.75) is 16.7 Å². The van der Waals surface area contributed by atoms with Crippen LogP contribution >= 0.6 is 25.3 Å². The smallest absolute Gasteiger partial charge is 0.0506 e. The highest BCUT2D eigenvalue weighted by atomic mass is 32.1. The van der Waals surface area contributed by atoms with Crippen molar-refractivity contribution in [2.75, 3.05) is 0 Å². The molecule has 0 N–H and O–H groups in total. The van der Waals surface area contributed by atoms with Crippen molar-refractivity contribution in [1.82, 2.24) is 4.98 Å². The van der Waals surface area contributed by atoms with Gasteiger partial charge in [-0.25, -0.2) is 0 Å². The minimum absolute atomic E-state index is 0.852.